The van der Waals surface area contributed by atoms with Crippen LogP contribution in [0.3, 0.4) is 0 Å². The van der Waals surface area contributed by atoms with Crippen molar-refractivity contribution in [3.63, 3.8) is 0 Å². The number of aliphatic hydroxyl groups is 2. The molecule has 4 aliphatic rings. The number of aliphatic hydroxyl groups excluding tert-OH is 2. The van der Waals surface area contributed by atoms with Gasteiger partial charge in [-0.05, 0) is 67.6 Å². The van der Waals surface area contributed by atoms with E-state index < -0.39 is 0 Å². The highest BCUT2D eigenvalue weighted by Gasteiger charge is 2.58. The summed E-state index contributed by atoms with van der Waals surface area (Å²) in [6.07, 6.45) is 12.8. The second-order valence-corrected chi connectivity index (χ2v) is 8.51. The van der Waals surface area contributed by atoms with Crippen LogP contribution < -0.4 is 0 Å². The molecule has 2 N–H and O–H groups in total. The van der Waals surface area contributed by atoms with Crippen molar-refractivity contribution in [1.82, 2.24) is 0 Å². The van der Waals surface area contributed by atoms with E-state index in [-0.39, 0.29) is 11.2 Å². The average Bonchev–Trinajstić information content (AvgIpc) is 2.86. The largest absolute Gasteiger partial charge is 0.509 e. The summed E-state index contributed by atoms with van der Waals surface area (Å²) in [5.74, 6) is 3.08. The lowest BCUT2D eigenvalue weighted by Gasteiger charge is -2.58. The van der Waals surface area contributed by atoms with Crippen LogP contribution in [0.5, 0.6) is 0 Å². The fourth-order valence-corrected chi connectivity index (χ4v) is 6.41. The van der Waals surface area contributed by atoms with Crippen LogP contribution in [0, 0.1) is 34.5 Å². The van der Waals surface area contributed by atoms with Crippen LogP contribution in [0.25, 0.3) is 0 Å². The molecule has 0 aromatic rings. The fraction of sp³-hybridized carbons (Fsp3) is 0.789. The summed E-state index contributed by atoms with van der Waals surface area (Å²) in [7, 11) is 0. The quantitative estimate of drug-likeness (QED) is 0.606. The first-order valence-corrected chi connectivity index (χ1v) is 8.75. The van der Waals surface area contributed by atoms with Gasteiger partial charge in [0.25, 0.3) is 0 Å². The highest BCUT2D eigenvalue weighted by Crippen LogP contribution is 2.65. The molecule has 0 aromatic carbocycles. The second-order valence-electron chi connectivity index (χ2n) is 8.51. The van der Waals surface area contributed by atoms with Gasteiger partial charge in [0.1, 0.15) is 11.5 Å². The molecule has 4 rings (SSSR count). The molecule has 2 nitrogen and oxygen atoms in total. The van der Waals surface area contributed by atoms with Gasteiger partial charge in [0.2, 0.25) is 0 Å². The maximum absolute atomic E-state index is 10.7. The number of fused-ring (bicyclic) bond motifs is 5. The van der Waals surface area contributed by atoms with E-state index in [1.54, 1.807) is 0 Å². The van der Waals surface area contributed by atoms with Gasteiger partial charge in [-0.2, -0.15) is 0 Å². The predicted octanol–water partition coefficient (Wildman–Crippen LogP) is 5.13. The third kappa shape index (κ3) is 1.65. The van der Waals surface area contributed by atoms with E-state index in [9.17, 15) is 10.2 Å². The first kappa shape index (κ1) is 13.7. The summed E-state index contributed by atoms with van der Waals surface area (Å²) in [4.78, 5) is 0. The maximum Gasteiger partial charge on any atom is 0.136 e. The minimum Gasteiger partial charge on any atom is -0.509 e. The zero-order valence-electron chi connectivity index (χ0n) is 13.3. The molecule has 116 valence electrons. The van der Waals surface area contributed by atoms with Crippen molar-refractivity contribution in [2.24, 2.45) is 34.5 Å². The van der Waals surface area contributed by atoms with Gasteiger partial charge in [-0.25, -0.2) is 0 Å². The normalized spacial score (nSPS) is 52.3. The number of allylic oxidation sites excluding steroid dienone is 4. The van der Waals surface area contributed by atoms with Crippen LogP contribution in [-0.4, -0.2) is 10.2 Å². The Kier molecular flexibility index (Phi) is 2.81. The van der Waals surface area contributed by atoms with Gasteiger partial charge in [0.15, 0.2) is 0 Å². The molecule has 2 heteroatoms. The van der Waals surface area contributed by atoms with Crippen LogP contribution in [0.1, 0.15) is 58.8 Å². The van der Waals surface area contributed by atoms with E-state index in [2.05, 4.69) is 26.0 Å². The molecule has 2 fully saturated rings. The predicted molar refractivity (Wildman–Crippen MR) is 83.9 cm³/mol. The van der Waals surface area contributed by atoms with Crippen molar-refractivity contribution >= 4 is 0 Å². The Labute approximate surface area is 127 Å². The van der Waals surface area contributed by atoms with Crippen LogP contribution in [0.2, 0.25) is 0 Å². The number of hydrogen-bond donors (Lipinski definition) is 2. The first-order chi connectivity index (χ1) is 9.97. The van der Waals surface area contributed by atoms with E-state index in [1.165, 1.54) is 32.1 Å². The summed E-state index contributed by atoms with van der Waals surface area (Å²) in [5, 5.41) is 20.8. The minimum atomic E-state index is -0.178. The Morgan fingerprint density at radius 2 is 1.90 bits per heavy atom. The van der Waals surface area contributed by atoms with E-state index in [0.29, 0.717) is 41.3 Å². The summed E-state index contributed by atoms with van der Waals surface area (Å²) >= 11 is 0. The highest BCUT2D eigenvalue weighted by atomic mass is 16.3. The Morgan fingerprint density at radius 1 is 1.10 bits per heavy atom. The lowest BCUT2D eigenvalue weighted by molar-refractivity contribution is -0.0872. The standard InChI is InChI=1S/C19H28O2/c1-18-10-3-4-14(18)13-7-5-12-6-8-16(20)17(21)19(12,2)15(13)9-11-18/h3-4,12-15,20-21H,5-11H2,1-2H3/t12-,13+,14+,15+,18+,19+/m1/s1. The molecule has 0 radical (unpaired) electrons. The molecule has 0 saturated heterocycles. The second kappa shape index (κ2) is 4.30. The lowest BCUT2D eigenvalue weighted by Crippen LogP contribution is -2.52. The van der Waals surface area contributed by atoms with Crippen LogP contribution in [-0.2, 0) is 0 Å². The SMILES string of the molecule is C[C@@]12CC=C[C@H]1[C@@H]1CC[C@@H]3CCC(O)=C(O)[C@]3(C)[C@H]1CC2. The van der Waals surface area contributed by atoms with Gasteiger partial charge in [0, 0.05) is 11.8 Å². The molecule has 21 heavy (non-hydrogen) atoms. The van der Waals surface area contributed by atoms with E-state index >= 15 is 0 Å². The molecule has 6 atom stereocenters. The van der Waals surface area contributed by atoms with Crippen molar-refractivity contribution in [3.8, 4) is 0 Å². The van der Waals surface area contributed by atoms with Crippen LogP contribution >= 0.6 is 0 Å². The monoisotopic (exact) mass is 288 g/mol. The molecule has 0 aliphatic heterocycles. The first-order valence-electron chi connectivity index (χ1n) is 8.75. The minimum absolute atomic E-state index is 0.178. The Balaban J connectivity index is 1.75. The maximum atomic E-state index is 10.7. The van der Waals surface area contributed by atoms with E-state index in [4.69, 9.17) is 0 Å². The number of hydrogen-bond acceptors (Lipinski definition) is 2. The summed E-state index contributed by atoms with van der Waals surface area (Å²) < 4.78 is 0. The Bertz CT molecular complexity index is 520. The number of rotatable bonds is 0. The molecule has 4 aliphatic carbocycles. The van der Waals surface area contributed by atoms with Gasteiger partial charge in [-0.3, -0.25) is 0 Å². The molecule has 0 heterocycles. The van der Waals surface area contributed by atoms with Crippen molar-refractivity contribution in [2.75, 3.05) is 0 Å². The smallest absolute Gasteiger partial charge is 0.136 e. The topological polar surface area (TPSA) is 40.5 Å². The summed E-state index contributed by atoms with van der Waals surface area (Å²) in [6.45, 7) is 4.69. The van der Waals surface area contributed by atoms with Crippen LogP contribution in [0.4, 0.5) is 0 Å². The highest BCUT2D eigenvalue weighted by molar-refractivity contribution is 5.23. The Hall–Kier alpha value is -0.920. The molecular formula is C19H28O2. The zero-order valence-corrected chi connectivity index (χ0v) is 13.3. The van der Waals surface area contributed by atoms with Gasteiger partial charge >= 0.3 is 0 Å². The van der Waals surface area contributed by atoms with Gasteiger partial charge < -0.3 is 10.2 Å². The molecule has 0 bridgehead atoms. The van der Waals surface area contributed by atoms with E-state index in [1.807, 2.05) is 0 Å². The van der Waals surface area contributed by atoms with Gasteiger partial charge in [0.05, 0.1) is 0 Å². The van der Waals surface area contributed by atoms with E-state index in [0.717, 1.165) is 6.42 Å². The Morgan fingerprint density at radius 3 is 2.71 bits per heavy atom. The van der Waals surface area contributed by atoms with Crippen molar-refractivity contribution in [3.05, 3.63) is 23.7 Å². The van der Waals surface area contributed by atoms with Gasteiger partial charge in [-0.15, -0.1) is 0 Å². The third-order valence-corrected chi connectivity index (χ3v) is 7.72. The lowest BCUT2D eigenvalue weighted by atomic mass is 9.46. The summed E-state index contributed by atoms with van der Waals surface area (Å²) in [5.41, 5.74) is 0.281. The fourth-order valence-electron chi connectivity index (χ4n) is 6.41. The molecule has 0 aromatic heterocycles. The molecule has 0 amide bonds. The van der Waals surface area contributed by atoms with Crippen molar-refractivity contribution in [1.29, 1.82) is 0 Å². The molecule has 0 unspecified atom stereocenters. The summed E-state index contributed by atoms with van der Waals surface area (Å²) in [6, 6.07) is 0. The third-order valence-electron chi connectivity index (χ3n) is 7.72. The molecule has 0 spiro atoms. The molecular weight excluding hydrogens is 260 g/mol. The van der Waals surface area contributed by atoms with Crippen molar-refractivity contribution < 1.29 is 10.2 Å². The van der Waals surface area contributed by atoms with Crippen LogP contribution in [0.15, 0.2) is 23.7 Å². The van der Waals surface area contributed by atoms with Crippen molar-refractivity contribution in [2.45, 2.75) is 58.8 Å². The van der Waals surface area contributed by atoms with Gasteiger partial charge in [-0.1, -0.05) is 26.0 Å². The zero-order chi connectivity index (χ0) is 14.8. The average molecular weight is 288 g/mol. The molecule has 2 saturated carbocycles.